The average molecular weight is 341 g/mol. The van der Waals surface area contributed by atoms with Crippen molar-refractivity contribution in [3.05, 3.63) is 46.8 Å². The SMILES string of the molecule is Cc1nn(CCO)c(C)c1CNc1ccccc1CCC(F)(F)F. The Balaban J connectivity index is 2.10. The van der Waals surface area contributed by atoms with Crippen molar-refractivity contribution in [2.24, 2.45) is 0 Å². The van der Waals surface area contributed by atoms with E-state index in [9.17, 15) is 13.2 Å². The Bertz CT molecular complexity index is 680. The van der Waals surface area contributed by atoms with Crippen LogP contribution in [-0.2, 0) is 19.5 Å². The summed E-state index contributed by atoms with van der Waals surface area (Å²) in [6.07, 6.45) is -5.04. The molecule has 2 rings (SSSR count). The molecule has 0 aliphatic carbocycles. The first kappa shape index (κ1) is 18.3. The molecule has 0 aliphatic heterocycles. The predicted octanol–water partition coefficient (Wildman–Crippen LogP) is 3.60. The molecular weight excluding hydrogens is 319 g/mol. The van der Waals surface area contributed by atoms with Crippen LogP contribution in [-0.4, -0.2) is 27.7 Å². The highest BCUT2D eigenvalue weighted by atomic mass is 19.4. The van der Waals surface area contributed by atoms with Crippen molar-refractivity contribution in [1.82, 2.24) is 9.78 Å². The van der Waals surface area contributed by atoms with E-state index in [2.05, 4.69) is 10.4 Å². The smallest absolute Gasteiger partial charge is 0.389 e. The van der Waals surface area contributed by atoms with E-state index in [-0.39, 0.29) is 13.0 Å². The van der Waals surface area contributed by atoms with Gasteiger partial charge in [0, 0.05) is 29.9 Å². The zero-order valence-electron chi connectivity index (χ0n) is 13.8. The number of aromatic nitrogens is 2. The van der Waals surface area contributed by atoms with Gasteiger partial charge in [-0.15, -0.1) is 0 Å². The van der Waals surface area contributed by atoms with E-state index >= 15 is 0 Å². The van der Waals surface area contributed by atoms with E-state index in [0.717, 1.165) is 17.0 Å². The van der Waals surface area contributed by atoms with E-state index in [1.165, 1.54) is 0 Å². The lowest BCUT2D eigenvalue weighted by Crippen LogP contribution is -2.10. The number of aryl methyl sites for hydroxylation is 2. The summed E-state index contributed by atoms with van der Waals surface area (Å²) >= 11 is 0. The maximum absolute atomic E-state index is 12.5. The fraction of sp³-hybridized carbons (Fsp3) is 0.471. The highest BCUT2D eigenvalue weighted by molar-refractivity contribution is 5.52. The molecule has 2 N–H and O–H groups in total. The number of rotatable bonds is 7. The van der Waals surface area contributed by atoms with Gasteiger partial charge in [0.05, 0.1) is 18.8 Å². The van der Waals surface area contributed by atoms with E-state index in [1.54, 1.807) is 28.9 Å². The number of aliphatic hydroxyl groups excluding tert-OH is 1. The third-order valence-electron chi connectivity index (χ3n) is 3.99. The van der Waals surface area contributed by atoms with Crippen molar-refractivity contribution in [2.75, 3.05) is 11.9 Å². The number of hydrogen-bond donors (Lipinski definition) is 2. The van der Waals surface area contributed by atoms with Gasteiger partial charge in [-0.3, -0.25) is 4.68 Å². The quantitative estimate of drug-likeness (QED) is 0.809. The molecule has 132 valence electrons. The molecule has 1 aromatic heterocycles. The highest BCUT2D eigenvalue weighted by Gasteiger charge is 2.26. The van der Waals surface area contributed by atoms with Crippen molar-refractivity contribution in [1.29, 1.82) is 0 Å². The second-order valence-electron chi connectivity index (χ2n) is 5.72. The molecular formula is C17H22F3N3O. The van der Waals surface area contributed by atoms with Gasteiger partial charge in [-0.1, -0.05) is 18.2 Å². The summed E-state index contributed by atoms with van der Waals surface area (Å²) in [5.74, 6) is 0. The normalized spacial score (nSPS) is 11.8. The summed E-state index contributed by atoms with van der Waals surface area (Å²) in [6.45, 7) is 4.71. The average Bonchev–Trinajstić information content (AvgIpc) is 2.78. The molecule has 0 spiro atoms. The first-order valence-electron chi connectivity index (χ1n) is 7.84. The summed E-state index contributed by atoms with van der Waals surface area (Å²) in [5, 5.41) is 16.6. The summed E-state index contributed by atoms with van der Waals surface area (Å²) in [4.78, 5) is 0. The van der Waals surface area contributed by atoms with Crippen molar-refractivity contribution < 1.29 is 18.3 Å². The lowest BCUT2D eigenvalue weighted by atomic mass is 10.1. The third kappa shape index (κ3) is 4.74. The van der Waals surface area contributed by atoms with Gasteiger partial charge in [0.1, 0.15) is 0 Å². The van der Waals surface area contributed by atoms with Crippen LogP contribution >= 0.6 is 0 Å². The minimum Gasteiger partial charge on any atom is -0.394 e. The van der Waals surface area contributed by atoms with Crippen LogP contribution in [0.5, 0.6) is 0 Å². The molecule has 0 saturated carbocycles. The van der Waals surface area contributed by atoms with Crippen LogP contribution in [0.15, 0.2) is 24.3 Å². The van der Waals surface area contributed by atoms with Crippen LogP contribution in [0.4, 0.5) is 18.9 Å². The van der Waals surface area contributed by atoms with Crippen molar-refractivity contribution in [2.45, 2.75) is 46.0 Å². The molecule has 7 heteroatoms. The zero-order valence-corrected chi connectivity index (χ0v) is 13.8. The largest absolute Gasteiger partial charge is 0.394 e. The molecule has 4 nitrogen and oxygen atoms in total. The lowest BCUT2D eigenvalue weighted by Gasteiger charge is -2.13. The van der Waals surface area contributed by atoms with Crippen LogP contribution in [0.2, 0.25) is 0 Å². The molecule has 0 saturated heterocycles. The minimum atomic E-state index is -4.16. The third-order valence-corrected chi connectivity index (χ3v) is 3.99. The van der Waals surface area contributed by atoms with Gasteiger partial charge in [0.15, 0.2) is 0 Å². The Kier molecular flexibility index (Phi) is 5.88. The zero-order chi connectivity index (χ0) is 17.7. The number of nitrogens with one attached hydrogen (secondary N) is 1. The fourth-order valence-corrected chi connectivity index (χ4v) is 2.67. The number of para-hydroxylation sites is 1. The van der Waals surface area contributed by atoms with E-state index in [1.807, 2.05) is 13.8 Å². The number of alkyl halides is 3. The molecule has 0 aliphatic rings. The summed E-state index contributed by atoms with van der Waals surface area (Å²) < 4.78 is 39.1. The molecule has 0 fully saturated rings. The van der Waals surface area contributed by atoms with Gasteiger partial charge in [-0.2, -0.15) is 18.3 Å². The Morgan fingerprint density at radius 1 is 1.21 bits per heavy atom. The van der Waals surface area contributed by atoms with Crippen LogP contribution < -0.4 is 5.32 Å². The fourth-order valence-electron chi connectivity index (χ4n) is 2.67. The minimum absolute atomic E-state index is 0.00903. The molecule has 1 heterocycles. The maximum Gasteiger partial charge on any atom is 0.389 e. The molecule has 1 aromatic carbocycles. The van der Waals surface area contributed by atoms with Gasteiger partial charge in [0.25, 0.3) is 0 Å². The topological polar surface area (TPSA) is 50.1 Å². The lowest BCUT2D eigenvalue weighted by molar-refractivity contribution is -0.133. The van der Waals surface area contributed by atoms with Crippen molar-refractivity contribution in [3.8, 4) is 0 Å². The van der Waals surface area contributed by atoms with Crippen molar-refractivity contribution in [3.63, 3.8) is 0 Å². The Labute approximate surface area is 139 Å². The van der Waals surface area contributed by atoms with E-state index < -0.39 is 12.6 Å². The Morgan fingerprint density at radius 3 is 2.58 bits per heavy atom. The second-order valence-corrected chi connectivity index (χ2v) is 5.72. The van der Waals surface area contributed by atoms with Gasteiger partial charge in [-0.05, 0) is 31.9 Å². The van der Waals surface area contributed by atoms with Crippen LogP contribution in [0.25, 0.3) is 0 Å². The first-order chi connectivity index (χ1) is 11.3. The molecule has 24 heavy (non-hydrogen) atoms. The van der Waals surface area contributed by atoms with Gasteiger partial charge >= 0.3 is 6.18 Å². The molecule has 0 radical (unpaired) electrons. The number of anilines is 1. The molecule has 2 aromatic rings. The summed E-state index contributed by atoms with van der Waals surface area (Å²) in [7, 11) is 0. The van der Waals surface area contributed by atoms with Crippen LogP contribution in [0.1, 0.15) is 28.9 Å². The van der Waals surface area contributed by atoms with Crippen LogP contribution in [0.3, 0.4) is 0 Å². The Morgan fingerprint density at radius 2 is 1.92 bits per heavy atom. The van der Waals surface area contributed by atoms with Gasteiger partial charge in [0.2, 0.25) is 0 Å². The standard InChI is InChI=1S/C17H22F3N3O/c1-12-15(13(2)23(22-12)9-10-24)11-21-16-6-4-3-5-14(16)7-8-17(18,19)20/h3-6,21,24H,7-11H2,1-2H3. The highest BCUT2D eigenvalue weighted by Crippen LogP contribution is 2.26. The molecule has 0 atom stereocenters. The van der Waals surface area contributed by atoms with E-state index in [0.29, 0.717) is 24.3 Å². The second kappa shape index (κ2) is 7.70. The molecule has 0 unspecified atom stereocenters. The van der Waals surface area contributed by atoms with Crippen molar-refractivity contribution >= 4 is 5.69 Å². The Hall–Kier alpha value is -2.02. The number of benzene rings is 1. The van der Waals surface area contributed by atoms with Gasteiger partial charge < -0.3 is 10.4 Å². The monoisotopic (exact) mass is 341 g/mol. The molecule has 0 amide bonds. The maximum atomic E-state index is 12.5. The number of nitrogens with zero attached hydrogens (tertiary/aromatic N) is 2. The summed E-state index contributed by atoms with van der Waals surface area (Å²) in [6, 6.07) is 7.04. The number of hydrogen-bond acceptors (Lipinski definition) is 3. The van der Waals surface area contributed by atoms with E-state index in [4.69, 9.17) is 5.11 Å². The first-order valence-corrected chi connectivity index (χ1v) is 7.84. The summed E-state index contributed by atoms with van der Waals surface area (Å²) in [5.41, 5.74) is 4.14. The predicted molar refractivity (Wildman–Crippen MR) is 86.9 cm³/mol. The van der Waals surface area contributed by atoms with Crippen LogP contribution in [0, 0.1) is 13.8 Å². The molecule has 0 bridgehead atoms. The van der Waals surface area contributed by atoms with Gasteiger partial charge in [-0.25, -0.2) is 0 Å². The number of aliphatic hydroxyl groups is 1. The number of halogens is 3.